The number of anilines is 1. The van der Waals surface area contributed by atoms with Gasteiger partial charge in [0.05, 0.1) is 12.3 Å². The van der Waals surface area contributed by atoms with E-state index >= 15 is 0 Å². The van der Waals surface area contributed by atoms with Crippen LogP contribution >= 0.6 is 36.2 Å². The van der Waals surface area contributed by atoms with E-state index in [0.29, 0.717) is 5.92 Å². The number of hydrogen-bond donors (Lipinski definition) is 2. The van der Waals surface area contributed by atoms with Crippen LogP contribution in [0.3, 0.4) is 0 Å². The molecule has 0 aromatic carbocycles. The summed E-state index contributed by atoms with van der Waals surface area (Å²) >= 11 is 1.79. The zero-order valence-electron chi connectivity index (χ0n) is 10.1. The quantitative estimate of drug-likeness (QED) is 0.897. The first-order valence-electron chi connectivity index (χ1n) is 5.93. The number of hydrogen-bond acceptors (Lipinski definition) is 5. The summed E-state index contributed by atoms with van der Waals surface area (Å²) in [6.07, 6.45) is 2.25. The van der Waals surface area contributed by atoms with Crippen molar-refractivity contribution in [1.82, 2.24) is 10.3 Å². The average molecular weight is 312 g/mol. The summed E-state index contributed by atoms with van der Waals surface area (Å²) in [7, 11) is 0. The Bertz CT molecular complexity index is 346. The smallest absolute Gasteiger partial charge is 0.183 e. The largest absolute Gasteiger partial charge is 0.381 e. The molecule has 1 unspecified atom stereocenters. The molecule has 2 N–H and O–H groups in total. The average Bonchev–Trinajstić information content (AvgIpc) is 2.95. The normalized spacial score (nSPS) is 21.7. The van der Waals surface area contributed by atoms with Crippen LogP contribution in [0.2, 0.25) is 0 Å². The number of aromatic nitrogens is 1. The molecule has 0 aliphatic carbocycles. The molecule has 0 radical (unpaired) electrons. The summed E-state index contributed by atoms with van der Waals surface area (Å²) in [4.78, 5) is 6.04. The van der Waals surface area contributed by atoms with Crippen LogP contribution in [0.15, 0.2) is 0 Å². The van der Waals surface area contributed by atoms with Crippen molar-refractivity contribution in [3.8, 4) is 0 Å². The van der Waals surface area contributed by atoms with Crippen LogP contribution in [0, 0.1) is 5.92 Å². The number of nitrogens with one attached hydrogen (secondary N) is 2. The van der Waals surface area contributed by atoms with E-state index in [4.69, 9.17) is 4.74 Å². The van der Waals surface area contributed by atoms with Gasteiger partial charge in [-0.15, -0.1) is 36.2 Å². The summed E-state index contributed by atoms with van der Waals surface area (Å²) in [6, 6.07) is 0. The maximum absolute atomic E-state index is 5.36. The third-order valence-corrected chi connectivity index (χ3v) is 4.22. The van der Waals surface area contributed by atoms with Gasteiger partial charge in [-0.3, -0.25) is 0 Å². The van der Waals surface area contributed by atoms with Crippen LogP contribution in [0.25, 0.3) is 0 Å². The lowest BCUT2D eigenvalue weighted by Crippen LogP contribution is -2.22. The third-order valence-electron chi connectivity index (χ3n) is 3.17. The Morgan fingerprint density at radius 1 is 1.44 bits per heavy atom. The van der Waals surface area contributed by atoms with E-state index in [2.05, 4.69) is 15.6 Å². The van der Waals surface area contributed by atoms with Crippen LogP contribution in [0.5, 0.6) is 0 Å². The Balaban J connectivity index is 0.000000810. The molecule has 1 aromatic rings. The Morgan fingerprint density at radius 3 is 3.06 bits per heavy atom. The molecule has 2 aliphatic rings. The summed E-state index contributed by atoms with van der Waals surface area (Å²) in [5.74, 6) is 0.666. The molecule has 0 saturated carbocycles. The highest BCUT2D eigenvalue weighted by atomic mass is 35.5. The monoisotopic (exact) mass is 311 g/mol. The van der Waals surface area contributed by atoms with Crippen LogP contribution in [-0.4, -0.2) is 31.3 Å². The molecule has 7 heteroatoms. The van der Waals surface area contributed by atoms with E-state index < -0.39 is 0 Å². The molecule has 1 saturated heterocycles. The van der Waals surface area contributed by atoms with Crippen molar-refractivity contribution in [2.45, 2.75) is 19.4 Å². The van der Waals surface area contributed by atoms with E-state index in [1.165, 1.54) is 17.0 Å². The molecule has 1 fully saturated rings. The number of rotatable bonds is 3. The summed E-state index contributed by atoms with van der Waals surface area (Å²) in [5.41, 5.74) is 1.29. The van der Waals surface area contributed by atoms with Gasteiger partial charge in [-0.2, -0.15) is 0 Å². The topological polar surface area (TPSA) is 46.2 Å². The molecule has 1 aromatic heterocycles. The van der Waals surface area contributed by atoms with E-state index in [1.807, 2.05) is 0 Å². The fourth-order valence-corrected chi connectivity index (χ4v) is 3.16. The summed E-state index contributed by atoms with van der Waals surface area (Å²) < 4.78 is 5.36. The number of halogens is 2. The first-order chi connectivity index (χ1) is 7.92. The Morgan fingerprint density at radius 2 is 2.33 bits per heavy atom. The maximum atomic E-state index is 5.36. The number of ether oxygens (including phenoxy) is 1. The fourth-order valence-electron chi connectivity index (χ4n) is 2.18. The number of thiazole rings is 1. The molecule has 0 amide bonds. The van der Waals surface area contributed by atoms with E-state index in [9.17, 15) is 0 Å². The van der Waals surface area contributed by atoms with Gasteiger partial charge in [-0.25, -0.2) is 4.98 Å². The van der Waals surface area contributed by atoms with E-state index in [1.54, 1.807) is 11.3 Å². The third kappa shape index (κ3) is 3.71. The lowest BCUT2D eigenvalue weighted by atomic mass is 10.1. The molecule has 0 bridgehead atoms. The molecule has 1 atom stereocenters. The number of nitrogens with zero attached hydrogens (tertiary/aromatic N) is 1. The lowest BCUT2D eigenvalue weighted by Gasteiger charge is -2.09. The predicted octanol–water partition coefficient (Wildman–Crippen LogP) is 2.08. The summed E-state index contributed by atoms with van der Waals surface area (Å²) in [6.45, 7) is 4.87. The molecule has 3 heterocycles. The zero-order valence-corrected chi connectivity index (χ0v) is 12.6. The standard InChI is InChI=1S/C11H17N3OS.2ClH/c1-3-12-6-10-9(1)14-11(16-10)13-5-8-2-4-15-7-8;;/h8,12H,1-7H2,(H,13,14);2*1H. The molecule has 18 heavy (non-hydrogen) atoms. The van der Waals surface area contributed by atoms with Crippen LogP contribution < -0.4 is 10.6 Å². The second-order valence-electron chi connectivity index (χ2n) is 4.43. The van der Waals surface area contributed by atoms with Gasteiger partial charge in [-0.1, -0.05) is 0 Å². The molecule has 4 nitrogen and oxygen atoms in total. The Kier molecular flexibility index (Phi) is 6.66. The zero-order chi connectivity index (χ0) is 10.8. The first kappa shape index (κ1) is 16.0. The molecule has 3 rings (SSSR count). The van der Waals surface area contributed by atoms with Gasteiger partial charge in [0.15, 0.2) is 5.13 Å². The SMILES string of the molecule is C1Cc2nc(NCC3CCOC3)sc2CN1.Cl.Cl. The van der Waals surface area contributed by atoms with Gasteiger partial charge in [-0.05, 0) is 6.42 Å². The molecular formula is C11H19Cl2N3OS. The van der Waals surface area contributed by atoms with Gasteiger partial charge in [0.1, 0.15) is 0 Å². The second-order valence-corrected chi connectivity index (χ2v) is 5.51. The van der Waals surface area contributed by atoms with E-state index in [-0.39, 0.29) is 24.8 Å². The van der Waals surface area contributed by atoms with Gasteiger partial charge < -0.3 is 15.4 Å². The van der Waals surface area contributed by atoms with Crippen molar-refractivity contribution < 1.29 is 4.74 Å². The highest BCUT2D eigenvalue weighted by Crippen LogP contribution is 2.25. The fraction of sp³-hybridized carbons (Fsp3) is 0.727. The maximum Gasteiger partial charge on any atom is 0.183 e. The van der Waals surface area contributed by atoms with Crippen LogP contribution in [0.4, 0.5) is 5.13 Å². The van der Waals surface area contributed by atoms with Crippen molar-refractivity contribution in [3.05, 3.63) is 10.6 Å². The Labute approximate surface area is 124 Å². The molecule has 2 aliphatic heterocycles. The lowest BCUT2D eigenvalue weighted by molar-refractivity contribution is 0.187. The van der Waals surface area contributed by atoms with E-state index in [0.717, 1.165) is 44.4 Å². The molecule has 104 valence electrons. The highest BCUT2D eigenvalue weighted by Gasteiger charge is 2.18. The minimum Gasteiger partial charge on any atom is -0.381 e. The summed E-state index contributed by atoms with van der Waals surface area (Å²) in [5, 5.41) is 7.90. The minimum absolute atomic E-state index is 0. The number of fused-ring (bicyclic) bond motifs is 1. The second kappa shape index (κ2) is 7.50. The van der Waals surface area contributed by atoms with Crippen molar-refractivity contribution >= 4 is 41.3 Å². The van der Waals surface area contributed by atoms with Gasteiger partial charge in [0.25, 0.3) is 0 Å². The van der Waals surface area contributed by atoms with Crippen molar-refractivity contribution in [3.63, 3.8) is 0 Å². The highest BCUT2D eigenvalue weighted by molar-refractivity contribution is 7.15. The minimum atomic E-state index is 0. The van der Waals surface area contributed by atoms with Crippen molar-refractivity contribution in [1.29, 1.82) is 0 Å². The van der Waals surface area contributed by atoms with Crippen LogP contribution in [-0.2, 0) is 17.7 Å². The van der Waals surface area contributed by atoms with Crippen molar-refractivity contribution in [2.75, 3.05) is 31.6 Å². The van der Waals surface area contributed by atoms with Gasteiger partial charge >= 0.3 is 0 Å². The Hall–Kier alpha value is -0.0700. The van der Waals surface area contributed by atoms with Gasteiger partial charge in [0.2, 0.25) is 0 Å². The van der Waals surface area contributed by atoms with Crippen LogP contribution in [0.1, 0.15) is 17.0 Å². The predicted molar refractivity (Wildman–Crippen MR) is 79.4 cm³/mol. The first-order valence-corrected chi connectivity index (χ1v) is 6.74. The van der Waals surface area contributed by atoms with Crippen molar-refractivity contribution in [2.24, 2.45) is 5.92 Å². The molecule has 0 spiro atoms. The van der Waals surface area contributed by atoms with Gasteiger partial charge in [0, 0.05) is 43.5 Å². The molecular weight excluding hydrogens is 293 g/mol.